The second kappa shape index (κ2) is 9.19. The van der Waals surface area contributed by atoms with E-state index in [0.29, 0.717) is 14.3 Å². The third-order valence-electron chi connectivity index (χ3n) is 3.73. The number of fused-ring (bicyclic) bond motifs is 2. The molecule has 0 spiro atoms. The van der Waals surface area contributed by atoms with Crippen LogP contribution in [-0.2, 0) is 0 Å². The molecule has 1 N–H and O–H groups in total. The first kappa shape index (κ1) is 22.3. The standard InChI is InChI=1S/C9H5BrClFN2O.C9H6BrFN2O2/c1-15-9-13-7-5(8(11)14-9)2-4(10)3-6(7)12;1-15-9-12-7-5(8(14)13-9)2-4(10)3-6(7)11/h2-3H,1H3;2-3H,1H3,(H,12,13,14). The summed E-state index contributed by atoms with van der Waals surface area (Å²) >= 11 is 12.1. The highest BCUT2D eigenvalue weighted by Gasteiger charge is 2.11. The summed E-state index contributed by atoms with van der Waals surface area (Å²) in [6, 6.07) is 5.76. The van der Waals surface area contributed by atoms with E-state index in [1.807, 2.05) is 0 Å². The van der Waals surface area contributed by atoms with Gasteiger partial charge in [0, 0.05) is 14.3 Å². The van der Waals surface area contributed by atoms with E-state index in [1.165, 1.54) is 32.4 Å². The summed E-state index contributed by atoms with van der Waals surface area (Å²) in [4.78, 5) is 25.4. The molecule has 0 aliphatic heterocycles. The van der Waals surface area contributed by atoms with Crippen LogP contribution in [0.5, 0.6) is 12.0 Å². The lowest BCUT2D eigenvalue weighted by molar-refractivity contribution is 0.380. The van der Waals surface area contributed by atoms with Crippen molar-refractivity contribution in [2.45, 2.75) is 0 Å². The van der Waals surface area contributed by atoms with Crippen molar-refractivity contribution in [3.05, 3.63) is 60.4 Å². The highest BCUT2D eigenvalue weighted by atomic mass is 79.9. The first-order valence-corrected chi connectivity index (χ1v) is 9.99. The molecule has 4 aromatic rings. The number of benzene rings is 2. The number of aromatic nitrogens is 4. The van der Waals surface area contributed by atoms with Crippen molar-refractivity contribution in [1.82, 2.24) is 19.9 Å². The molecule has 0 aliphatic carbocycles. The van der Waals surface area contributed by atoms with Gasteiger partial charge in [-0.05, 0) is 24.3 Å². The predicted octanol–water partition coefficient (Wildman–Crippen LogP) is 5.03. The van der Waals surface area contributed by atoms with Gasteiger partial charge < -0.3 is 9.47 Å². The number of halogens is 5. The molecule has 2 heterocycles. The summed E-state index contributed by atoms with van der Waals surface area (Å²) in [5.41, 5.74) is -0.286. The van der Waals surface area contributed by atoms with Gasteiger partial charge >= 0.3 is 6.01 Å². The maximum atomic E-state index is 13.5. The number of hydrogen-bond donors (Lipinski definition) is 1. The van der Waals surface area contributed by atoms with Crippen LogP contribution in [0.1, 0.15) is 0 Å². The Labute approximate surface area is 189 Å². The molecule has 0 atom stereocenters. The van der Waals surface area contributed by atoms with E-state index in [9.17, 15) is 13.6 Å². The minimum atomic E-state index is -0.566. The molecule has 0 fully saturated rings. The number of hydrogen-bond acceptors (Lipinski definition) is 6. The molecule has 0 bridgehead atoms. The van der Waals surface area contributed by atoms with E-state index in [0.717, 1.165) is 0 Å². The predicted molar refractivity (Wildman–Crippen MR) is 115 cm³/mol. The third kappa shape index (κ3) is 4.68. The molecule has 0 aliphatic rings. The van der Waals surface area contributed by atoms with Crippen LogP contribution in [-0.4, -0.2) is 34.2 Å². The lowest BCUT2D eigenvalue weighted by Gasteiger charge is -2.04. The van der Waals surface area contributed by atoms with Gasteiger partial charge in [-0.1, -0.05) is 43.5 Å². The van der Waals surface area contributed by atoms with Gasteiger partial charge in [-0.25, -0.2) is 8.78 Å². The number of nitrogens with zero attached hydrogens (tertiary/aromatic N) is 3. The minimum Gasteiger partial charge on any atom is -0.468 e. The minimum absolute atomic E-state index is 0.00111. The molecule has 156 valence electrons. The van der Waals surface area contributed by atoms with Gasteiger partial charge in [0.05, 0.1) is 19.6 Å². The molecule has 12 heteroatoms. The van der Waals surface area contributed by atoms with Crippen molar-refractivity contribution in [1.29, 1.82) is 0 Å². The molecule has 2 aromatic heterocycles. The van der Waals surface area contributed by atoms with Crippen LogP contribution >= 0.6 is 43.5 Å². The van der Waals surface area contributed by atoms with E-state index in [4.69, 9.17) is 21.1 Å². The Balaban J connectivity index is 0.000000171. The number of aromatic amines is 1. The number of nitrogens with one attached hydrogen (secondary N) is 1. The lowest BCUT2D eigenvalue weighted by atomic mass is 10.2. The SMILES string of the molecule is COc1nc(Cl)c2cc(Br)cc(F)c2n1.COc1nc2c(F)cc(Br)cc2c(=O)[nH]1. The fourth-order valence-corrected chi connectivity index (χ4v) is 3.51. The van der Waals surface area contributed by atoms with Crippen molar-refractivity contribution in [3.8, 4) is 12.0 Å². The van der Waals surface area contributed by atoms with E-state index < -0.39 is 17.2 Å². The van der Waals surface area contributed by atoms with Gasteiger partial charge in [0.25, 0.3) is 11.6 Å². The maximum absolute atomic E-state index is 13.5. The Morgan fingerprint density at radius 3 is 2.03 bits per heavy atom. The van der Waals surface area contributed by atoms with Gasteiger partial charge in [-0.3, -0.25) is 9.78 Å². The molecule has 0 saturated carbocycles. The summed E-state index contributed by atoms with van der Waals surface area (Å²) in [6.45, 7) is 0. The average Bonchev–Trinajstić information content (AvgIpc) is 2.69. The van der Waals surface area contributed by atoms with E-state index >= 15 is 0 Å². The van der Waals surface area contributed by atoms with Crippen LogP contribution < -0.4 is 15.0 Å². The number of H-pyrrole nitrogens is 1. The highest BCUT2D eigenvalue weighted by Crippen LogP contribution is 2.28. The van der Waals surface area contributed by atoms with Crippen LogP contribution in [0.25, 0.3) is 21.8 Å². The Bertz CT molecular complexity index is 1320. The number of ether oxygens (including phenoxy) is 2. The first-order chi connectivity index (χ1) is 14.2. The summed E-state index contributed by atoms with van der Waals surface area (Å²) < 4.78 is 37.6. The van der Waals surface area contributed by atoms with Crippen LogP contribution in [0, 0.1) is 11.6 Å². The zero-order valence-electron chi connectivity index (χ0n) is 15.3. The normalized spacial score (nSPS) is 10.6. The van der Waals surface area contributed by atoms with Crippen molar-refractivity contribution >= 4 is 65.3 Å². The van der Waals surface area contributed by atoms with Crippen molar-refractivity contribution in [3.63, 3.8) is 0 Å². The monoisotopic (exact) mass is 562 g/mol. The third-order valence-corrected chi connectivity index (χ3v) is 4.94. The molecule has 0 unspecified atom stereocenters. The Morgan fingerprint density at radius 2 is 1.47 bits per heavy atom. The largest absolute Gasteiger partial charge is 0.468 e. The average molecular weight is 565 g/mol. The maximum Gasteiger partial charge on any atom is 0.318 e. The second-order valence-electron chi connectivity index (χ2n) is 5.64. The topological polar surface area (TPSA) is 90.0 Å². The van der Waals surface area contributed by atoms with E-state index in [-0.39, 0.29) is 33.6 Å². The van der Waals surface area contributed by atoms with E-state index in [2.05, 4.69) is 51.8 Å². The molecule has 30 heavy (non-hydrogen) atoms. The van der Waals surface area contributed by atoms with Gasteiger partial charge in [-0.2, -0.15) is 15.0 Å². The number of rotatable bonds is 2. The Kier molecular flexibility index (Phi) is 6.84. The zero-order chi connectivity index (χ0) is 22.0. The van der Waals surface area contributed by atoms with Gasteiger partial charge in [0.15, 0.2) is 11.6 Å². The summed E-state index contributed by atoms with van der Waals surface area (Å²) in [5.74, 6) is -1.04. The molecular formula is C18H11Br2ClF2N4O3. The van der Waals surface area contributed by atoms with Gasteiger partial charge in [0.1, 0.15) is 16.2 Å². The zero-order valence-corrected chi connectivity index (χ0v) is 19.2. The highest BCUT2D eigenvalue weighted by molar-refractivity contribution is 9.10. The molecule has 0 radical (unpaired) electrons. The van der Waals surface area contributed by atoms with Crippen molar-refractivity contribution < 1.29 is 18.3 Å². The second-order valence-corrected chi connectivity index (χ2v) is 7.83. The van der Waals surface area contributed by atoms with Gasteiger partial charge in [0.2, 0.25) is 0 Å². The molecule has 7 nitrogen and oxygen atoms in total. The lowest BCUT2D eigenvalue weighted by Crippen LogP contribution is -2.10. The molecule has 4 rings (SSSR count). The van der Waals surface area contributed by atoms with Crippen LogP contribution in [0.3, 0.4) is 0 Å². The fraction of sp³-hybridized carbons (Fsp3) is 0.111. The van der Waals surface area contributed by atoms with Crippen LogP contribution in [0.4, 0.5) is 8.78 Å². The Hall–Kier alpha value is -2.37. The number of methoxy groups -OCH3 is 2. The van der Waals surface area contributed by atoms with Crippen LogP contribution in [0.15, 0.2) is 38.0 Å². The van der Waals surface area contributed by atoms with Crippen molar-refractivity contribution in [2.75, 3.05) is 14.2 Å². The van der Waals surface area contributed by atoms with E-state index in [1.54, 1.807) is 6.07 Å². The molecular weight excluding hydrogens is 553 g/mol. The van der Waals surface area contributed by atoms with Gasteiger partial charge in [-0.15, -0.1) is 0 Å². The Morgan fingerprint density at radius 1 is 0.900 bits per heavy atom. The smallest absolute Gasteiger partial charge is 0.318 e. The van der Waals surface area contributed by atoms with Crippen LogP contribution in [0.2, 0.25) is 5.15 Å². The summed E-state index contributed by atoms with van der Waals surface area (Å²) in [7, 11) is 2.75. The quantitative estimate of drug-likeness (QED) is 0.344. The molecule has 2 aromatic carbocycles. The molecule has 0 amide bonds. The summed E-state index contributed by atoms with van der Waals surface area (Å²) in [6.07, 6.45) is 0. The summed E-state index contributed by atoms with van der Waals surface area (Å²) in [5, 5.41) is 0.795. The van der Waals surface area contributed by atoms with Crippen molar-refractivity contribution in [2.24, 2.45) is 0 Å². The first-order valence-electron chi connectivity index (χ1n) is 8.02. The molecule has 0 saturated heterocycles. The fourth-order valence-electron chi connectivity index (χ4n) is 2.44.